The average molecular weight is 428 g/mol. The van der Waals surface area contributed by atoms with Crippen LogP contribution in [0.5, 0.6) is 11.5 Å². The van der Waals surface area contributed by atoms with E-state index in [1.165, 1.54) is 12.1 Å². The molecule has 4 N–H and O–H groups in total. The van der Waals surface area contributed by atoms with E-state index in [2.05, 4.69) is 10.6 Å². The highest BCUT2D eigenvalue weighted by molar-refractivity contribution is 7.89. The second-order valence-corrected chi connectivity index (χ2v) is 8.23. The van der Waals surface area contributed by atoms with E-state index in [9.17, 15) is 8.42 Å². The first-order chi connectivity index (χ1) is 13.9. The Hall–Kier alpha value is -2.94. The first-order valence-corrected chi connectivity index (χ1v) is 10.9. The average Bonchev–Trinajstić information content (AvgIpc) is 2.70. The quantitative estimate of drug-likeness (QED) is 0.498. The van der Waals surface area contributed by atoms with E-state index in [0.717, 1.165) is 22.7 Å². The maximum Gasteiger partial charge on any atom is 0.238 e. The van der Waals surface area contributed by atoms with Gasteiger partial charge >= 0.3 is 0 Å². The predicted octanol–water partition coefficient (Wildman–Crippen LogP) is 3.66. The van der Waals surface area contributed by atoms with Gasteiger partial charge in [0.2, 0.25) is 10.0 Å². The number of hydrogen-bond donors (Lipinski definition) is 3. The molecule has 0 bridgehead atoms. The number of sulfonamides is 1. The Morgan fingerprint density at radius 2 is 1.52 bits per heavy atom. The molecule has 0 aromatic heterocycles. The van der Waals surface area contributed by atoms with Crippen molar-refractivity contribution in [2.75, 3.05) is 11.9 Å². The first kappa shape index (κ1) is 20.8. The molecule has 0 fully saturated rings. The zero-order valence-electron chi connectivity index (χ0n) is 15.5. The standard InChI is InChI=1S/C21H21N3O3S2/c22-29(25,26)20-12-6-16(7-13-20)14-15-23-21(28)24-17-8-10-19(11-9-17)27-18-4-2-1-3-5-18/h1-13H,14-15H2,(H2,22,25,26)(H2,23,24,28). The van der Waals surface area contributed by atoms with Gasteiger partial charge in [0.15, 0.2) is 5.11 Å². The topological polar surface area (TPSA) is 93.5 Å². The fraction of sp³-hybridized carbons (Fsp3) is 0.0952. The Balaban J connectivity index is 1.44. The molecule has 0 unspecified atom stereocenters. The van der Waals surface area contributed by atoms with Crippen molar-refractivity contribution >= 4 is 33.0 Å². The summed E-state index contributed by atoms with van der Waals surface area (Å²) >= 11 is 5.31. The van der Waals surface area contributed by atoms with E-state index >= 15 is 0 Å². The van der Waals surface area contributed by atoms with Gasteiger partial charge in [-0.15, -0.1) is 0 Å². The molecule has 29 heavy (non-hydrogen) atoms. The van der Waals surface area contributed by atoms with E-state index in [4.69, 9.17) is 22.1 Å². The molecule has 0 spiro atoms. The van der Waals surface area contributed by atoms with Crippen LogP contribution in [0, 0.1) is 0 Å². The number of primary sulfonamides is 1. The van der Waals surface area contributed by atoms with Crippen molar-refractivity contribution in [2.45, 2.75) is 11.3 Å². The van der Waals surface area contributed by atoms with Crippen molar-refractivity contribution in [3.8, 4) is 11.5 Å². The van der Waals surface area contributed by atoms with Crippen molar-refractivity contribution in [3.05, 3.63) is 84.4 Å². The molecule has 3 rings (SSSR count). The maximum atomic E-state index is 11.3. The van der Waals surface area contributed by atoms with E-state index in [0.29, 0.717) is 18.1 Å². The highest BCUT2D eigenvalue weighted by atomic mass is 32.2. The molecule has 0 atom stereocenters. The summed E-state index contributed by atoms with van der Waals surface area (Å²) in [5.74, 6) is 1.52. The second-order valence-electron chi connectivity index (χ2n) is 6.26. The fourth-order valence-corrected chi connectivity index (χ4v) is 3.31. The van der Waals surface area contributed by atoms with E-state index < -0.39 is 10.0 Å². The number of para-hydroxylation sites is 1. The summed E-state index contributed by atoms with van der Waals surface area (Å²) in [6.07, 6.45) is 0.691. The van der Waals surface area contributed by atoms with Gasteiger partial charge < -0.3 is 15.4 Å². The summed E-state index contributed by atoms with van der Waals surface area (Å²) in [5.41, 5.74) is 1.83. The van der Waals surface area contributed by atoms with Gasteiger partial charge in [-0.2, -0.15) is 0 Å². The Morgan fingerprint density at radius 1 is 0.897 bits per heavy atom. The molecule has 0 amide bonds. The number of thiocarbonyl (C=S) groups is 1. The highest BCUT2D eigenvalue weighted by Gasteiger charge is 2.06. The van der Waals surface area contributed by atoms with Crippen LogP contribution in [0.2, 0.25) is 0 Å². The van der Waals surface area contributed by atoms with Gasteiger partial charge in [-0.1, -0.05) is 30.3 Å². The number of ether oxygens (including phenoxy) is 1. The summed E-state index contributed by atoms with van der Waals surface area (Å²) in [5, 5.41) is 11.8. The van der Waals surface area contributed by atoms with Crippen LogP contribution in [0.1, 0.15) is 5.56 Å². The normalized spacial score (nSPS) is 10.9. The fourth-order valence-electron chi connectivity index (χ4n) is 2.57. The molecular formula is C21H21N3O3S2. The predicted molar refractivity (Wildman–Crippen MR) is 119 cm³/mol. The minimum Gasteiger partial charge on any atom is -0.457 e. The maximum absolute atomic E-state index is 11.3. The van der Waals surface area contributed by atoms with Crippen LogP contribution in [0.4, 0.5) is 5.69 Å². The van der Waals surface area contributed by atoms with Gasteiger partial charge in [0, 0.05) is 12.2 Å². The summed E-state index contributed by atoms with van der Waals surface area (Å²) in [4.78, 5) is 0.103. The lowest BCUT2D eigenvalue weighted by atomic mass is 10.1. The number of anilines is 1. The van der Waals surface area contributed by atoms with Crippen molar-refractivity contribution < 1.29 is 13.2 Å². The Labute approximate surface area is 175 Å². The van der Waals surface area contributed by atoms with Crippen molar-refractivity contribution in [1.29, 1.82) is 0 Å². The molecule has 0 aliphatic carbocycles. The van der Waals surface area contributed by atoms with Crippen LogP contribution in [0.25, 0.3) is 0 Å². The van der Waals surface area contributed by atoms with Gasteiger partial charge in [-0.3, -0.25) is 0 Å². The molecule has 0 heterocycles. The Bertz CT molecular complexity index is 1050. The van der Waals surface area contributed by atoms with Crippen LogP contribution >= 0.6 is 12.2 Å². The van der Waals surface area contributed by atoms with E-state index in [1.54, 1.807) is 12.1 Å². The van der Waals surface area contributed by atoms with Crippen LogP contribution in [0.15, 0.2) is 83.8 Å². The molecule has 0 aliphatic rings. The lowest BCUT2D eigenvalue weighted by Crippen LogP contribution is -2.30. The SMILES string of the molecule is NS(=O)(=O)c1ccc(CCNC(=S)Nc2ccc(Oc3ccccc3)cc2)cc1. The lowest BCUT2D eigenvalue weighted by Gasteiger charge is -2.11. The van der Waals surface area contributed by atoms with Crippen molar-refractivity contribution in [3.63, 3.8) is 0 Å². The molecule has 3 aromatic rings. The van der Waals surface area contributed by atoms with E-state index in [-0.39, 0.29) is 4.90 Å². The van der Waals surface area contributed by atoms with Gasteiger partial charge in [-0.25, -0.2) is 13.6 Å². The minimum absolute atomic E-state index is 0.103. The first-order valence-electron chi connectivity index (χ1n) is 8.90. The van der Waals surface area contributed by atoms with Crippen LogP contribution in [0.3, 0.4) is 0 Å². The number of benzene rings is 3. The zero-order chi connectivity index (χ0) is 20.7. The lowest BCUT2D eigenvalue weighted by molar-refractivity contribution is 0.483. The largest absolute Gasteiger partial charge is 0.457 e. The number of rotatable bonds is 7. The number of hydrogen-bond acceptors (Lipinski definition) is 4. The third kappa shape index (κ3) is 6.56. The molecule has 0 aliphatic heterocycles. The van der Waals surface area contributed by atoms with Crippen LogP contribution in [-0.2, 0) is 16.4 Å². The van der Waals surface area contributed by atoms with E-state index in [1.807, 2.05) is 54.6 Å². The molecule has 8 heteroatoms. The summed E-state index contributed by atoms with van der Waals surface area (Å²) in [7, 11) is -3.66. The Kier molecular flexibility index (Phi) is 6.82. The van der Waals surface area contributed by atoms with Crippen molar-refractivity contribution in [2.24, 2.45) is 5.14 Å². The van der Waals surface area contributed by atoms with Gasteiger partial charge in [-0.05, 0) is 72.7 Å². The second kappa shape index (κ2) is 9.51. The van der Waals surface area contributed by atoms with Crippen LogP contribution < -0.4 is 20.5 Å². The minimum atomic E-state index is -3.66. The number of nitrogens with one attached hydrogen (secondary N) is 2. The zero-order valence-corrected chi connectivity index (χ0v) is 17.2. The molecule has 0 saturated carbocycles. The molecule has 6 nitrogen and oxygen atoms in total. The third-order valence-electron chi connectivity index (χ3n) is 4.04. The van der Waals surface area contributed by atoms with Gasteiger partial charge in [0.1, 0.15) is 11.5 Å². The molecule has 0 saturated heterocycles. The number of nitrogens with two attached hydrogens (primary N) is 1. The Morgan fingerprint density at radius 3 is 2.14 bits per heavy atom. The highest BCUT2D eigenvalue weighted by Crippen LogP contribution is 2.22. The summed E-state index contributed by atoms with van der Waals surface area (Å²) in [6.45, 7) is 0.607. The van der Waals surface area contributed by atoms with Crippen LogP contribution in [-0.4, -0.2) is 20.1 Å². The third-order valence-corrected chi connectivity index (χ3v) is 5.22. The molecular weight excluding hydrogens is 406 g/mol. The monoisotopic (exact) mass is 427 g/mol. The summed E-state index contributed by atoms with van der Waals surface area (Å²) in [6, 6.07) is 23.6. The molecule has 0 radical (unpaired) electrons. The molecule has 150 valence electrons. The van der Waals surface area contributed by atoms with Gasteiger partial charge in [0.05, 0.1) is 4.90 Å². The smallest absolute Gasteiger partial charge is 0.238 e. The molecule has 3 aromatic carbocycles. The van der Waals surface area contributed by atoms with Gasteiger partial charge in [0.25, 0.3) is 0 Å². The van der Waals surface area contributed by atoms with Crippen molar-refractivity contribution in [1.82, 2.24) is 5.32 Å². The summed E-state index contributed by atoms with van der Waals surface area (Å²) < 4.78 is 28.3.